The third-order valence-electron chi connectivity index (χ3n) is 2.84. The van der Waals surface area contributed by atoms with Crippen molar-refractivity contribution in [3.63, 3.8) is 0 Å². The average molecular weight is 243 g/mol. The summed E-state index contributed by atoms with van der Waals surface area (Å²) in [7, 11) is 2.98. The Hall–Kier alpha value is -0.730. The van der Waals surface area contributed by atoms with Crippen LogP contribution in [0, 0.1) is 7.11 Å². The molecule has 0 heterocycles. The Kier molecular flexibility index (Phi) is 12.8. The number of carbonyl (C=O) groups excluding carboxylic acids is 1. The molecule has 0 aromatic rings. The molecule has 0 saturated carbocycles. The maximum atomic E-state index is 10.6. The normalized spacial score (nSPS) is 10.2. The SMILES string of the molecule is [CH2]OC(=O)OCCCCCCCCCCCC. The highest BCUT2D eigenvalue weighted by molar-refractivity contribution is 5.59. The highest BCUT2D eigenvalue weighted by Gasteiger charge is 1.98. The van der Waals surface area contributed by atoms with Crippen LogP contribution in [0.25, 0.3) is 0 Å². The van der Waals surface area contributed by atoms with Crippen LogP contribution in [0.2, 0.25) is 0 Å². The van der Waals surface area contributed by atoms with E-state index >= 15 is 0 Å². The lowest BCUT2D eigenvalue weighted by Gasteiger charge is -2.03. The second-order valence-corrected chi connectivity index (χ2v) is 4.42. The molecular weight excluding hydrogens is 216 g/mol. The number of rotatable bonds is 11. The zero-order valence-electron chi connectivity index (χ0n) is 11.2. The molecule has 0 aromatic carbocycles. The van der Waals surface area contributed by atoms with Crippen molar-refractivity contribution in [1.29, 1.82) is 0 Å². The van der Waals surface area contributed by atoms with Crippen LogP contribution in [0.5, 0.6) is 0 Å². The molecule has 17 heavy (non-hydrogen) atoms. The van der Waals surface area contributed by atoms with Crippen molar-refractivity contribution in [3.05, 3.63) is 7.11 Å². The van der Waals surface area contributed by atoms with Gasteiger partial charge in [-0.1, -0.05) is 64.7 Å². The largest absolute Gasteiger partial charge is 0.508 e. The van der Waals surface area contributed by atoms with Gasteiger partial charge in [-0.25, -0.2) is 4.79 Å². The minimum atomic E-state index is -0.680. The van der Waals surface area contributed by atoms with Gasteiger partial charge < -0.3 is 9.47 Å². The van der Waals surface area contributed by atoms with Gasteiger partial charge in [0.15, 0.2) is 0 Å². The molecule has 101 valence electrons. The first-order chi connectivity index (χ1) is 8.31. The molecule has 0 spiro atoms. The van der Waals surface area contributed by atoms with Crippen molar-refractivity contribution in [2.45, 2.75) is 71.1 Å². The summed E-state index contributed by atoms with van der Waals surface area (Å²) in [5, 5.41) is 0. The third kappa shape index (κ3) is 13.2. The molecule has 3 heteroatoms. The summed E-state index contributed by atoms with van der Waals surface area (Å²) < 4.78 is 8.87. The lowest BCUT2D eigenvalue weighted by atomic mass is 10.1. The molecule has 0 amide bonds. The van der Waals surface area contributed by atoms with Crippen LogP contribution in [0.1, 0.15) is 71.1 Å². The second-order valence-electron chi connectivity index (χ2n) is 4.42. The number of hydrogen-bond donors (Lipinski definition) is 0. The van der Waals surface area contributed by atoms with Crippen molar-refractivity contribution in [1.82, 2.24) is 0 Å². The van der Waals surface area contributed by atoms with E-state index in [1.807, 2.05) is 0 Å². The highest BCUT2D eigenvalue weighted by Crippen LogP contribution is 2.10. The van der Waals surface area contributed by atoms with Crippen LogP contribution in [0.15, 0.2) is 0 Å². The maximum absolute atomic E-state index is 10.6. The Morgan fingerprint density at radius 2 is 1.35 bits per heavy atom. The Morgan fingerprint density at radius 1 is 0.882 bits per heavy atom. The minimum absolute atomic E-state index is 0.449. The van der Waals surface area contributed by atoms with Gasteiger partial charge in [0.1, 0.15) is 7.11 Å². The minimum Gasteiger partial charge on any atom is -0.434 e. The van der Waals surface area contributed by atoms with E-state index in [0.717, 1.165) is 12.8 Å². The van der Waals surface area contributed by atoms with Crippen molar-refractivity contribution in [3.8, 4) is 0 Å². The molecule has 0 bridgehead atoms. The van der Waals surface area contributed by atoms with E-state index in [1.165, 1.54) is 51.4 Å². The molecule has 0 aliphatic carbocycles. The topological polar surface area (TPSA) is 35.5 Å². The summed E-state index contributed by atoms with van der Waals surface area (Å²) >= 11 is 0. The Bertz CT molecular complexity index is 169. The number of hydrogen-bond acceptors (Lipinski definition) is 3. The molecule has 0 N–H and O–H groups in total. The van der Waals surface area contributed by atoms with E-state index in [1.54, 1.807) is 0 Å². The van der Waals surface area contributed by atoms with Gasteiger partial charge in [-0.3, -0.25) is 0 Å². The standard InChI is InChI=1S/C14H27O3/c1-3-4-5-6-7-8-9-10-11-12-13-17-14(15)16-2/h2-13H2,1H3. The molecule has 0 fully saturated rings. The van der Waals surface area contributed by atoms with Gasteiger partial charge in [0.25, 0.3) is 0 Å². The van der Waals surface area contributed by atoms with E-state index in [2.05, 4.69) is 18.8 Å². The van der Waals surface area contributed by atoms with Crippen molar-refractivity contribution in [2.24, 2.45) is 0 Å². The quantitative estimate of drug-likeness (QED) is 0.384. The highest BCUT2D eigenvalue weighted by atomic mass is 16.7. The molecule has 3 nitrogen and oxygen atoms in total. The number of carbonyl (C=O) groups is 1. The third-order valence-corrected chi connectivity index (χ3v) is 2.84. The summed E-state index contributed by atoms with van der Waals surface area (Å²) in [6.45, 7) is 2.69. The first-order valence-electron chi connectivity index (χ1n) is 6.90. The zero-order chi connectivity index (χ0) is 12.8. The van der Waals surface area contributed by atoms with Crippen LogP contribution in [-0.4, -0.2) is 12.8 Å². The second kappa shape index (κ2) is 13.3. The average Bonchev–Trinajstić information content (AvgIpc) is 2.35. The fourth-order valence-electron chi connectivity index (χ4n) is 1.79. The predicted octanol–water partition coefficient (Wildman–Crippen LogP) is 4.85. The van der Waals surface area contributed by atoms with Gasteiger partial charge in [0.2, 0.25) is 0 Å². The van der Waals surface area contributed by atoms with Gasteiger partial charge in [-0.2, -0.15) is 0 Å². The van der Waals surface area contributed by atoms with Gasteiger partial charge in [0, 0.05) is 0 Å². The van der Waals surface area contributed by atoms with Gasteiger partial charge in [-0.05, 0) is 6.42 Å². The summed E-state index contributed by atoms with van der Waals surface area (Å²) in [4.78, 5) is 10.6. The Morgan fingerprint density at radius 3 is 1.82 bits per heavy atom. The van der Waals surface area contributed by atoms with E-state index in [9.17, 15) is 4.79 Å². The van der Waals surface area contributed by atoms with Crippen LogP contribution >= 0.6 is 0 Å². The molecule has 1 radical (unpaired) electrons. The lowest BCUT2D eigenvalue weighted by molar-refractivity contribution is 0.0814. The lowest BCUT2D eigenvalue weighted by Crippen LogP contribution is -2.04. The Labute approximate surface area is 106 Å². The summed E-state index contributed by atoms with van der Waals surface area (Å²) in [5.74, 6) is 0. The van der Waals surface area contributed by atoms with Crippen LogP contribution in [0.3, 0.4) is 0 Å². The summed E-state index contributed by atoms with van der Waals surface area (Å²) in [6.07, 6.45) is 12.1. The molecule has 0 aliphatic rings. The first kappa shape index (κ1) is 16.3. The molecule has 0 aliphatic heterocycles. The molecule has 0 unspecified atom stereocenters. The number of unbranched alkanes of at least 4 members (excludes halogenated alkanes) is 9. The molecule has 0 rings (SSSR count). The summed E-state index contributed by atoms with van der Waals surface area (Å²) in [5.41, 5.74) is 0. The van der Waals surface area contributed by atoms with Crippen LogP contribution in [0.4, 0.5) is 4.79 Å². The zero-order valence-corrected chi connectivity index (χ0v) is 11.2. The monoisotopic (exact) mass is 243 g/mol. The molecular formula is C14H27O3. The Balaban J connectivity index is 2.96. The number of ether oxygens (including phenoxy) is 2. The van der Waals surface area contributed by atoms with E-state index < -0.39 is 6.16 Å². The summed E-state index contributed by atoms with van der Waals surface area (Å²) in [6, 6.07) is 0. The maximum Gasteiger partial charge on any atom is 0.508 e. The van der Waals surface area contributed by atoms with Gasteiger partial charge in [-0.15, -0.1) is 0 Å². The fraction of sp³-hybridized carbons (Fsp3) is 0.857. The molecule has 0 atom stereocenters. The fourth-order valence-corrected chi connectivity index (χ4v) is 1.79. The van der Waals surface area contributed by atoms with Crippen molar-refractivity contribution in [2.75, 3.05) is 6.61 Å². The van der Waals surface area contributed by atoms with Crippen molar-refractivity contribution >= 4 is 6.16 Å². The van der Waals surface area contributed by atoms with Crippen molar-refractivity contribution < 1.29 is 14.3 Å². The van der Waals surface area contributed by atoms with E-state index in [0.29, 0.717) is 6.61 Å². The first-order valence-corrected chi connectivity index (χ1v) is 6.90. The molecule has 0 saturated heterocycles. The van der Waals surface area contributed by atoms with Crippen LogP contribution < -0.4 is 0 Å². The molecule has 0 aromatic heterocycles. The van der Waals surface area contributed by atoms with E-state index in [4.69, 9.17) is 4.74 Å². The smallest absolute Gasteiger partial charge is 0.434 e. The van der Waals surface area contributed by atoms with Gasteiger partial charge in [0.05, 0.1) is 6.61 Å². The predicted molar refractivity (Wildman–Crippen MR) is 69.6 cm³/mol. The van der Waals surface area contributed by atoms with Gasteiger partial charge >= 0.3 is 6.16 Å². The van der Waals surface area contributed by atoms with E-state index in [-0.39, 0.29) is 0 Å². The van der Waals surface area contributed by atoms with Crippen LogP contribution in [-0.2, 0) is 9.47 Å².